The fourth-order valence-corrected chi connectivity index (χ4v) is 3.55. The summed E-state index contributed by atoms with van der Waals surface area (Å²) in [5, 5.41) is 3.85. The minimum atomic E-state index is -0.0373. The van der Waals surface area contributed by atoms with E-state index in [2.05, 4.69) is 16.3 Å². The normalized spacial score (nSPS) is 15.9. The molecule has 1 heterocycles. The molecule has 1 aliphatic rings. The van der Waals surface area contributed by atoms with Crippen LogP contribution in [0.1, 0.15) is 41.2 Å². The predicted octanol–water partition coefficient (Wildman–Crippen LogP) is 4.72. The molecule has 3 nitrogen and oxygen atoms in total. The van der Waals surface area contributed by atoms with Crippen molar-refractivity contribution in [3.05, 3.63) is 70.7 Å². The number of rotatable bonds is 5. The van der Waals surface area contributed by atoms with E-state index in [4.69, 9.17) is 11.6 Å². The molecule has 0 bridgehead atoms. The fourth-order valence-electron chi connectivity index (χ4n) is 3.29. The first-order valence-corrected chi connectivity index (χ1v) is 8.95. The van der Waals surface area contributed by atoms with E-state index < -0.39 is 0 Å². The largest absolute Gasteiger partial charge is 0.350 e. The third kappa shape index (κ3) is 5.21. The SMILES string of the molecule is Cl.O=C(NCC(c1ccccc1Cl)N1CCCCC1)c1ccccc1. The lowest BCUT2D eigenvalue weighted by atomic mass is 10.0. The Morgan fingerprint density at radius 1 is 1.00 bits per heavy atom. The van der Waals surface area contributed by atoms with Crippen LogP contribution >= 0.6 is 24.0 Å². The van der Waals surface area contributed by atoms with Crippen molar-refractivity contribution < 1.29 is 4.79 Å². The summed E-state index contributed by atoms with van der Waals surface area (Å²) in [6.07, 6.45) is 3.68. The number of nitrogens with zero attached hydrogens (tertiary/aromatic N) is 1. The van der Waals surface area contributed by atoms with Gasteiger partial charge in [0, 0.05) is 17.1 Å². The van der Waals surface area contributed by atoms with Gasteiger partial charge < -0.3 is 5.32 Å². The second-order valence-corrected chi connectivity index (χ2v) is 6.62. The third-order valence-electron chi connectivity index (χ3n) is 4.59. The summed E-state index contributed by atoms with van der Waals surface area (Å²) >= 11 is 6.43. The number of nitrogens with one attached hydrogen (secondary N) is 1. The Balaban J connectivity index is 0.00000225. The van der Waals surface area contributed by atoms with Crippen LogP contribution < -0.4 is 5.32 Å². The fraction of sp³-hybridized carbons (Fsp3) is 0.350. The molecule has 134 valence electrons. The molecule has 1 unspecified atom stereocenters. The number of hydrogen-bond acceptors (Lipinski definition) is 2. The molecule has 1 N–H and O–H groups in total. The zero-order valence-electron chi connectivity index (χ0n) is 14.2. The first kappa shape index (κ1) is 19.8. The van der Waals surface area contributed by atoms with Crippen LogP contribution in [0.3, 0.4) is 0 Å². The molecule has 25 heavy (non-hydrogen) atoms. The predicted molar refractivity (Wildman–Crippen MR) is 106 cm³/mol. The van der Waals surface area contributed by atoms with Crippen LogP contribution in [0.2, 0.25) is 5.02 Å². The van der Waals surface area contributed by atoms with Gasteiger partial charge in [-0.05, 0) is 49.7 Å². The van der Waals surface area contributed by atoms with Gasteiger partial charge in [-0.3, -0.25) is 9.69 Å². The highest BCUT2D eigenvalue weighted by molar-refractivity contribution is 6.31. The van der Waals surface area contributed by atoms with Gasteiger partial charge in [0.1, 0.15) is 0 Å². The average Bonchev–Trinajstić information content (AvgIpc) is 2.65. The quantitative estimate of drug-likeness (QED) is 0.816. The van der Waals surface area contributed by atoms with Gasteiger partial charge >= 0.3 is 0 Å². The summed E-state index contributed by atoms with van der Waals surface area (Å²) < 4.78 is 0. The molecule has 0 radical (unpaired) electrons. The Morgan fingerprint density at radius 3 is 2.32 bits per heavy atom. The van der Waals surface area contributed by atoms with E-state index in [1.807, 2.05) is 48.5 Å². The van der Waals surface area contributed by atoms with Gasteiger partial charge in [0.15, 0.2) is 0 Å². The third-order valence-corrected chi connectivity index (χ3v) is 4.93. The highest BCUT2D eigenvalue weighted by Crippen LogP contribution is 2.29. The highest BCUT2D eigenvalue weighted by atomic mass is 35.5. The van der Waals surface area contributed by atoms with Crippen LogP contribution in [0.15, 0.2) is 54.6 Å². The van der Waals surface area contributed by atoms with Crippen molar-refractivity contribution in [2.45, 2.75) is 25.3 Å². The van der Waals surface area contributed by atoms with Crippen molar-refractivity contribution in [3.63, 3.8) is 0 Å². The van der Waals surface area contributed by atoms with Gasteiger partial charge in [0.25, 0.3) is 5.91 Å². The second-order valence-electron chi connectivity index (χ2n) is 6.21. The number of carbonyl (C=O) groups is 1. The Labute approximate surface area is 160 Å². The Morgan fingerprint density at radius 2 is 1.64 bits per heavy atom. The summed E-state index contributed by atoms with van der Waals surface area (Å²) in [5.74, 6) is -0.0373. The van der Waals surface area contributed by atoms with Crippen molar-refractivity contribution in [3.8, 4) is 0 Å². The number of amides is 1. The zero-order chi connectivity index (χ0) is 16.8. The van der Waals surface area contributed by atoms with Crippen molar-refractivity contribution in [2.24, 2.45) is 0 Å². The summed E-state index contributed by atoms with van der Waals surface area (Å²) in [5.41, 5.74) is 1.78. The van der Waals surface area contributed by atoms with Crippen LogP contribution in [-0.4, -0.2) is 30.4 Å². The van der Waals surface area contributed by atoms with E-state index in [1.54, 1.807) is 0 Å². The van der Waals surface area contributed by atoms with Crippen LogP contribution in [0.25, 0.3) is 0 Å². The Hall–Kier alpha value is -1.55. The van der Waals surface area contributed by atoms with E-state index in [-0.39, 0.29) is 24.4 Å². The van der Waals surface area contributed by atoms with Gasteiger partial charge in [-0.25, -0.2) is 0 Å². The molecule has 1 aliphatic heterocycles. The molecule has 1 saturated heterocycles. The van der Waals surface area contributed by atoms with E-state index in [1.165, 1.54) is 19.3 Å². The van der Waals surface area contributed by atoms with Crippen molar-refractivity contribution >= 4 is 29.9 Å². The summed E-state index contributed by atoms with van der Waals surface area (Å²) in [7, 11) is 0. The molecule has 1 atom stereocenters. The molecule has 0 saturated carbocycles. The molecule has 1 amide bonds. The van der Waals surface area contributed by atoms with Gasteiger partial charge in [-0.2, -0.15) is 0 Å². The molecular formula is C20H24Cl2N2O. The number of likely N-dealkylation sites (tertiary alicyclic amines) is 1. The summed E-state index contributed by atoms with van der Waals surface area (Å²) in [6.45, 7) is 2.67. The van der Waals surface area contributed by atoms with Gasteiger partial charge in [-0.15, -0.1) is 12.4 Å². The van der Waals surface area contributed by atoms with Crippen LogP contribution in [0.5, 0.6) is 0 Å². The molecule has 3 rings (SSSR count). The van der Waals surface area contributed by atoms with E-state index in [9.17, 15) is 4.79 Å². The Kier molecular flexibility index (Phi) is 7.76. The molecule has 2 aromatic carbocycles. The van der Waals surface area contributed by atoms with Crippen molar-refractivity contribution in [1.29, 1.82) is 0 Å². The highest BCUT2D eigenvalue weighted by Gasteiger charge is 2.24. The molecular weight excluding hydrogens is 355 g/mol. The van der Waals surface area contributed by atoms with Gasteiger partial charge in [0.2, 0.25) is 0 Å². The topological polar surface area (TPSA) is 32.3 Å². The lowest BCUT2D eigenvalue weighted by molar-refractivity contribution is 0.0924. The first-order valence-electron chi connectivity index (χ1n) is 8.57. The van der Waals surface area contributed by atoms with Gasteiger partial charge in [0.05, 0.1) is 6.04 Å². The number of benzene rings is 2. The van der Waals surface area contributed by atoms with E-state index >= 15 is 0 Å². The summed E-state index contributed by atoms with van der Waals surface area (Å²) in [4.78, 5) is 14.8. The van der Waals surface area contributed by atoms with Crippen LogP contribution in [-0.2, 0) is 0 Å². The maximum atomic E-state index is 12.4. The van der Waals surface area contributed by atoms with Crippen LogP contribution in [0, 0.1) is 0 Å². The minimum Gasteiger partial charge on any atom is -0.350 e. The number of hydrogen-bond donors (Lipinski definition) is 1. The lowest BCUT2D eigenvalue weighted by Crippen LogP contribution is -2.40. The first-order chi connectivity index (χ1) is 11.8. The van der Waals surface area contributed by atoms with Gasteiger partial charge in [-0.1, -0.05) is 54.4 Å². The molecule has 0 spiro atoms. The van der Waals surface area contributed by atoms with E-state index in [0.29, 0.717) is 12.1 Å². The average molecular weight is 379 g/mol. The molecule has 5 heteroatoms. The Bertz CT molecular complexity index is 672. The monoisotopic (exact) mass is 378 g/mol. The molecule has 1 fully saturated rings. The number of carbonyl (C=O) groups excluding carboxylic acids is 1. The molecule has 0 aliphatic carbocycles. The van der Waals surface area contributed by atoms with Crippen LogP contribution in [0.4, 0.5) is 0 Å². The minimum absolute atomic E-state index is 0. The lowest BCUT2D eigenvalue weighted by Gasteiger charge is -2.35. The van der Waals surface area contributed by atoms with Crippen molar-refractivity contribution in [2.75, 3.05) is 19.6 Å². The van der Waals surface area contributed by atoms with E-state index in [0.717, 1.165) is 23.7 Å². The maximum Gasteiger partial charge on any atom is 0.251 e. The number of halogens is 2. The zero-order valence-corrected chi connectivity index (χ0v) is 15.7. The molecule has 0 aromatic heterocycles. The standard InChI is InChI=1S/C20H23ClN2O.ClH/c21-18-12-6-5-11-17(18)19(23-13-7-2-8-14-23)15-22-20(24)16-9-3-1-4-10-16;/h1,3-6,9-12,19H,2,7-8,13-15H2,(H,22,24);1H. The second kappa shape index (κ2) is 9.81. The maximum absolute atomic E-state index is 12.4. The molecule has 2 aromatic rings. The number of piperidine rings is 1. The summed E-state index contributed by atoms with van der Waals surface area (Å²) in [6, 6.07) is 17.4. The van der Waals surface area contributed by atoms with Crippen molar-refractivity contribution in [1.82, 2.24) is 10.2 Å². The smallest absolute Gasteiger partial charge is 0.251 e.